The Labute approximate surface area is 244 Å². The van der Waals surface area contributed by atoms with E-state index in [0.717, 1.165) is 28.1 Å². The van der Waals surface area contributed by atoms with Gasteiger partial charge in [0, 0.05) is 35.8 Å². The molecule has 220 valence electrons. The Morgan fingerprint density at radius 2 is 1.74 bits per heavy atom. The maximum absolute atomic E-state index is 15.9. The number of nitrogens with zero attached hydrogens (tertiary/aromatic N) is 2. The number of anilines is 2. The lowest BCUT2D eigenvalue weighted by Crippen LogP contribution is -2.37. The molecule has 0 amide bonds. The van der Waals surface area contributed by atoms with Crippen molar-refractivity contribution in [2.45, 2.75) is 45.9 Å². The minimum absolute atomic E-state index is 0.0212. The van der Waals surface area contributed by atoms with Crippen molar-refractivity contribution in [3.8, 4) is 17.2 Å². The van der Waals surface area contributed by atoms with E-state index in [1.807, 2.05) is 36.4 Å². The second-order valence-corrected chi connectivity index (χ2v) is 11.8. The lowest BCUT2D eigenvalue weighted by molar-refractivity contribution is 0.0973. The SMILES string of the molecule is COc1c(N2CCOCC2)cc(C(=O)Cn2cc3cc4c(c(F)c3c2N)OCc2ccccc2CO4)cc1C(C)(C)C. The molecule has 0 radical (unpaired) electrons. The summed E-state index contributed by atoms with van der Waals surface area (Å²) in [5, 5.41) is 0.742. The highest BCUT2D eigenvalue weighted by atomic mass is 19.1. The number of rotatable bonds is 5. The number of carbonyl (C=O) groups excluding carboxylic acids is 1. The number of morpholine rings is 1. The van der Waals surface area contributed by atoms with E-state index in [1.165, 1.54) is 0 Å². The lowest BCUT2D eigenvalue weighted by atomic mass is 9.84. The first kappa shape index (κ1) is 27.9. The molecule has 2 aliphatic heterocycles. The van der Waals surface area contributed by atoms with Gasteiger partial charge in [-0.05, 0) is 34.7 Å². The number of halogens is 1. The van der Waals surface area contributed by atoms with Crippen molar-refractivity contribution in [1.29, 1.82) is 0 Å². The number of hydrogen-bond acceptors (Lipinski definition) is 7. The quantitative estimate of drug-likeness (QED) is 0.299. The van der Waals surface area contributed by atoms with Crippen LogP contribution in [0.15, 0.2) is 48.7 Å². The number of nitrogen functional groups attached to an aromatic ring is 1. The fraction of sp³-hybridized carbons (Fsp3) is 0.364. The number of Topliss-reactive ketones (excluding diaryl/α,β-unsaturated/α-hetero) is 1. The van der Waals surface area contributed by atoms with Crippen LogP contribution in [0.5, 0.6) is 17.2 Å². The number of nitrogens with two attached hydrogens (primary N) is 1. The third-order valence-electron chi connectivity index (χ3n) is 8.02. The normalized spacial score (nSPS) is 15.2. The average Bonchev–Trinajstić information content (AvgIpc) is 3.28. The molecule has 6 rings (SSSR count). The summed E-state index contributed by atoms with van der Waals surface area (Å²) < 4.78 is 40.8. The van der Waals surface area contributed by atoms with Crippen LogP contribution in [0, 0.1) is 5.82 Å². The van der Waals surface area contributed by atoms with Crippen molar-refractivity contribution in [3.63, 3.8) is 0 Å². The molecule has 4 aromatic rings. The minimum atomic E-state index is -0.598. The molecule has 42 heavy (non-hydrogen) atoms. The molecular weight excluding hydrogens is 537 g/mol. The van der Waals surface area contributed by atoms with Crippen LogP contribution >= 0.6 is 0 Å². The Hall–Kier alpha value is -4.24. The number of methoxy groups -OCH3 is 1. The van der Waals surface area contributed by atoms with Crippen molar-refractivity contribution in [2.24, 2.45) is 0 Å². The number of benzene rings is 3. The highest BCUT2D eigenvalue weighted by Gasteiger charge is 2.28. The Bertz CT molecular complexity index is 1670. The molecule has 9 heteroatoms. The third kappa shape index (κ3) is 5.02. The van der Waals surface area contributed by atoms with Crippen molar-refractivity contribution < 1.29 is 28.1 Å². The molecule has 0 saturated carbocycles. The zero-order valence-electron chi connectivity index (χ0n) is 24.5. The van der Waals surface area contributed by atoms with E-state index < -0.39 is 5.82 Å². The van der Waals surface area contributed by atoms with E-state index in [2.05, 4.69) is 25.7 Å². The van der Waals surface area contributed by atoms with Gasteiger partial charge in [0.2, 0.25) is 0 Å². The Morgan fingerprint density at radius 3 is 2.40 bits per heavy atom. The van der Waals surface area contributed by atoms with Gasteiger partial charge in [-0.15, -0.1) is 0 Å². The summed E-state index contributed by atoms with van der Waals surface area (Å²) in [5.74, 6) is 0.494. The van der Waals surface area contributed by atoms with Crippen LogP contribution in [0.4, 0.5) is 15.9 Å². The molecule has 1 fully saturated rings. The van der Waals surface area contributed by atoms with E-state index in [1.54, 1.807) is 23.9 Å². The van der Waals surface area contributed by atoms with E-state index in [4.69, 9.17) is 24.7 Å². The summed E-state index contributed by atoms with van der Waals surface area (Å²) in [6.07, 6.45) is 1.69. The highest BCUT2D eigenvalue weighted by molar-refractivity contribution is 6.00. The predicted molar refractivity (Wildman–Crippen MR) is 160 cm³/mol. The topological polar surface area (TPSA) is 88.2 Å². The molecule has 1 aromatic heterocycles. The zero-order chi connectivity index (χ0) is 29.6. The van der Waals surface area contributed by atoms with Crippen LogP contribution in [-0.4, -0.2) is 43.8 Å². The Balaban J connectivity index is 1.36. The third-order valence-corrected chi connectivity index (χ3v) is 8.02. The molecule has 0 atom stereocenters. The first-order valence-electron chi connectivity index (χ1n) is 14.2. The molecule has 3 heterocycles. The van der Waals surface area contributed by atoms with Crippen LogP contribution in [0.2, 0.25) is 0 Å². The van der Waals surface area contributed by atoms with Crippen LogP contribution in [-0.2, 0) is 29.9 Å². The average molecular weight is 574 g/mol. The molecule has 0 spiro atoms. The van der Waals surface area contributed by atoms with Crippen LogP contribution in [0.1, 0.15) is 47.8 Å². The van der Waals surface area contributed by atoms with Crippen molar-refractivity contribution in [1.82, 2.24) is 4.57 Å². The second-order valence-electron chi connectivity index (χ2n) is 11.8. The molecule has 1 saturated heterocycles. The Morgan fingerprint density at radius 1 is 1.05 bits per heavy atom. The standard InChI is InChI=1S/C33H36FN3O5/c1-33(2,3)24-13-22(14-25(30(24)39-4)36-9-11-40-12-10-36)26(38)17-37-16-23-15-27-31(29(34)28(23)32(37)35)42-19-21-8-6-5-7-20(21)18-41-27/h5-8,13-16H,9-12,17-19,35H2,1-4H3. The van der Waals surface area contributed by atoms with Crippen molar-refractivity contribution in [3.05, 3.63) is 76.7 Å². The van der Waals surface area contributed by atoms with E-state index in [-0.39, 0.29) is 41.3 Å². The summed E-state index contributed by atoms with van der Waals surface area (Å²) >= 11 is 0. The molecule has 0 bridgehead atoms. The molecule has 8 nitrogen and oxygen atoms in total. The molecule has 0 unspecified atom stereocenters. The van der Waals surface area contributed by atoms with E-state index >= 15 is 4.39 Å². The van der Waals surface area contributed by atoms with Gasteiger partial charge in [0.05, 0.1) is 37.9 Å². The van der Waals surface area contributed by atoms with Gasteiger partial charge in [-0.1, -0.05) is 45.0 Å². The van der Waals surface area contributed by atoms with Gasteiger partial charge < -0.3 is 34.1 Å². The number of aromatic nitrogens is 1. The molecule has 3 aromatic carbocycles. The maximum atomic E-state index is 15.9. The van der Waals surface area contributed by atoms with Crippen LogP contribution < -0.4 is 24.8 Å². The number of ether oxygens (including phenoxy) is 4. The van der Waals surface area contributed by atoms with Gasteiger partial charge in [-0.25, -0.2) is 4.39 Å². The fourth-order valence-electron chi connectivity index (χ4n) is 5.72. The first-order valence-corrected chi connectivity index (χ1v) is 14.2. The first-order chi connectivity index (χ1) is 20.2. The smallest absolute Gasteiger partial charge is 0.198 e. The second kappa shape index (κ2) is 10.9. The number of carbonyl (C=O) groups is 1. The van der Waals surface area contributed by atoms with Gasteiger partial charge >= 0.3 is 0 Å². The lowest BCUT2D eigenvalue weighted by Gasteiger charge is -2.33. The monoisotopic (exact) mass is 573 g/mol. The van der Waals surface area contributed by atoms with Gasteiger partial charge in [-0.3, -0.25) is 4.79 Å². The molecular formula is C33H36FN3O5. The number of fused-ring (bicyclic) bond motifs is 3. The summed E-state index contributed by atoms with van der Waals surface area (Å²) in [6, 6.07) is 13.3. The van der Waals surface area contributed by atoms with E-state index in [9.17, 15) is 4.79 Å². The number of ketones is 1. The fourth-order valence-corrected chi connectivity index (χ4v) is 5.72. The van der Waals surface area contributed by atoms with Gasteiger partial charge in [-0.2, -0.15) is 0 Å². The highest BCUT2D eigenvalue weighted by Crippen LogP contribution is 2.43. The van der Waals surface area contributed by atoms with Crippen molar-refractivity contribution >= 4 is 28.1 Å². The predicted octanol–water partition coefficient (Wildman–Crippen LogP) is 5.86. The largest absolute Gasteiger partial charge is 0.494 e. The maximum Gasteiger partial charge on any atom is 0.198 e. The van der Waals surface area contributed by atoms with E-state index in [0.29, 0.717) is 49.6 Å². The minimum Gasteiger partial charge on any atom is -0.494 e. The molecule has 0 aliphatic carbocycles. The van der Waals surface area contributed by atoms with Gasteiger partial charge in [0.1, 0.15) is 24.8 Å². The number of hydrogen-bond donors (Lipinski definition) is 1. The van der Waals surface area contributed by atoms with Crippen molar-refractivity contribution in [2.75, 3.05) is 44.0 Å². The van der Waals surface area contributed by atoms with Crippen LogP contribution in [0.3, 0.4) is 0 Å². The Kier molecular flexibility index (Phi) is 7.22. The summed E-state index contributed by atoms with van der Waals surface area (Å²) in [7, 11) is 1.66. The summed E-state index contributed by atoms with van der Waals surface area (Å²) in [6.45, 7) is 9.35. The summed E-state index contributed by atoms with van der Waals surface area (Å²) in [4.78, 5) is 16.0. The summed E-state index contributed by atoms with van der Waals surface area (Å²) in [5.41, 5.74) is 10.4. The molecule has 2 N–H and O–H groups in total. The zero-order valence-corrected chi connectivity index (χ0v) is 24.5. The van der Waals surface area contributed by atoms with Gasteiger partial charge in [0.15, 0.2) is 23.1 Å². The molecule has 2 aliphatic rings. The van der Waals surface area contributed by atoms with Gasteiger partial charge in [0.25, 0.3) is 0 Å². The van der Waals surface area contributed by atoms with Crippen LogP contribution in [0.25, 0.3) is 10.8 Å².